The first-order valence-electron chi connectivity index (χ1n) is 9.42. The predicted molar refractivity (Wildman–Crippen MR) is 103 cm³/mol. The summed E-state index contributed by atoms with van der Waals surface area (Å²) in [4.78, 5) is 16.7. The van der Waals surface area contributed by atoms with Crippen LogP contribution in [0.2, 0.25) is 0 Å². The van der Waals surface area contributed by atoms with Crippen molar-refractivity contribution in [1.82, 2.24) is 4.90 Å². The number of piperidine rings is 1. The normalized spacial score (nSPS) is 17.7. The van der Waals surface area contributed by atoms with Crippen LogP contribution in [0.15, 0.2) is 18.2 Å². The van der Waals surface area contributed by atoms with Crippen molar-refractivity contribution >= 4 is 17.3 Å². The van der Waals surface area contributed by atoms with Crippen LogP contribution in [0.3, 0.4) is 0 Å². The molecule has 1 aliphatic rings. The van der Waals surface area contributed by atoms with Gasteiger partial charge in [-0.15, -0.1) is 0 Å². The molecule has 1 aromatic rings. The topological polar surface area (TPSA) is 35.6 Å². The molecule has 1 fully saturated rings. The molecule has 0 spiro atoms. The highest BCUT2D eigenvalue weighted by Gasteiger charge is 2.20. The molecule has 134 valence electrons. The standard InChI is InChI=1S/C20H33N3O/c1-5-22(6-2)18-9-10-19(17(4)14-18)21-12-11-20(24)23-13-7-8-16(3)15-23/h9-10,14,16,21H,5-8,11-13,15H2,1-4H3. The Morgan fingerprint density at radius 1 is 1.33 bits per heavy atom. The van der Waals surface area contributed by atoms with Crippen molar-refractivity contribution in [1.29, 1.82) is 0 Å². The third-order valence-electron chi connectivity index (χ3n) is 5.00. The van der Waals surface area contributed by atoms with E-state index in [0.717, 1.165) is 38.3 Å². The molecule has 24 heavy (non-hydrogen) atoms. The van der Waals surface area contributed by atoms with Gasteiger partial charge in [0.2, 0.25) is 5.91 Å². The van der Waals surface area contributed by atoms with E-state index in [2.05, 4.69) is 56.1 Å². The number of nitrogens with one attached hydrogen (secondary N) is 1. The van der Waals surface area contributed by atoms with Crippen molar-refractivity contribution in [2.45, 2.75) is 47.0 Å². The second-order valence-corrected chi connectivity index (χ2v) is 6.94. The van der Waals surface area contributed by atoms with E-state index in [1.165, 1.54) is 17.7 Å². The second kappa shape index (κ2) is 8.95. The average molecular weight is 332 g/mol. The largest absolute Gasteiger partial charge is 0.384 e. The van der Waals surface area contributed by atoms with Crippen LogP contribution in [0.5, 0.6) is 0 Å². The highest BCUT2D eigenvalue weighted by atomic mass is 16.2. The lowest BCUT2D eigenvalue weighted by Crippen LogP contribution is -2.39. The zero-order valence-corrected chi connectivity index (χ0v) is 15.8. The Morgan fingerprint density at radius 3 is 2.71 bits per heavy atom. The summed E-state index contributed by atoms with van der Waals surface area (Å²) in [7, 11) is 0. The second-order valence-electron chi connectivity index (χ2n) is 6.94. The Morgan fingerprint density at radius 2 is 2.08 bits per heavy atom. The van der Waals surface area contributed by atoms with Gasteiger partial charge >= 0.3 is 0 Å². The first-order chi connectivity index (χ1) is 11.5. The number of anilines is 2. The number of aryl methyl sites for hydroxylation is 1. The minimum absolute atomic E-state index is 0.284. The number of hydrogen-bond acceptors (Lipinski definition) is 3. The number of amides is 1. The van der Waals surface area contributed by atoms with Gasteiger partial charge < -0.3 is 15.1 Å². The van der Waals surface area contributed by atoms with Gasteiger partial charge in [0.05, 0.1) is 0 Å². The molecule has 2 rings (SSSR count). The van der Waals surface area contributed by atoms with Crippen LogP contribution in [0.4, 0.5) is 11.4 Å². The summed E-state index contributed by atoms with van der Waals surface area (Å²) in [5, 5.41) is 3.43. The minimum atomic E-state index is 0.284. The molecule has 1 amide bonds. The molecule has 4 nitrogen and oxygen atoms in total. The monoisotopic (exact) mass is 331 g/mol. The van der Waals surface area contributed by atoms with Crippen molar-refractivity contribution in [2.75, 3.05) is 42.9 Å². The summed E-state index contributed by atoms with van der Waals surface area (Å²) >= 11 is 0. The predicted octanol–water partition coefficient (Wildman–Crippen LogP) is 3.90. The zero-order chi connectivity index (χ0) is 17.5. The highest BCUT2D eigenvalue weighted by Crippen LogP contribution is 2.23. The van der Waals surface area contributed by atoms with E-state index in [-0.39, 0.29) is 5.91 Å². The SMILES string of the molecule is CCN(CC)c1ccc(NCCC(=O)N2CCCC(C)C2)c(C)c1. The van der Waals surface area contributed by atoms with Gasteiger partial charge in [0.1, 0.15) is 0 Å². The summed E-state index contributed by atoms with van der Waals surface area (Å²) in [5.41, 5.74) is 3.63. The molecule has 1 atom stereocenters. The van der Waals surface area contributed by atoms with Crippen LogP contribution in [0, 0.1) is 12.8 Å². The smallest absolute Gasteiger partial charge is 0.224 e. The zero-order valence-electron chi connectivity index (χ0n) is 15.8. The molecule has 1 heterocycles. The molecule has 0 bridgehead atoms. The van der Waals surface area contributed by atoms with Gasteiger partial charge in [-0.05, 0) is 63.3 Å². The van der Waals surface area contributed by atoms with Gasteiger partial charge in [-0.3, -0.25) is 4.79 Å². The van der Waals surface area contributed by atoms with Crippen LogP contribution in [0.25, 0.3) is 0 Å². The summed E-state index contributed by atoms with van der Waals surface area (Å²) in [6.45, 7) is 13.3. The number of hydrogen-bond donors (Lipinski definition) is 1. The van der Waals surface area contributed by atoms with Crippen LogP contribution in [-0.4, -0.2) is 43.5 Å². The van der Waals surface area contributed by atoms with Gasteiger partial charge in [-0.2, -0.15) is 0 Å². The molecule has 1 saturated heterocycles. The van der Waals surface area contributed by atoms with Crippen LogP contribution < -0.4 is 10.2 Å². The van der Waals surface area contributed by atoms with Gasteiger partial charge in [0.15, 0.2) is 0 Å². The first kappa shape index (κ1) is 18.6. The van der Waals surface area contributed by atoms with E-state index in [0.29, 0.717) is 18.9 Å². The minimum Gasteiger partial charge on any atom is -0.384 e. The lowest BCUT2D eigenvalue weighted by Gasteiger charge is -2.31. The van der Waals surface area contributed by atoms with Crippen molar-refractivity contribution in [3.8, 4) is 0 Å². The number of carbonyl (C=O) groups excluding carboxylic acids is 1. The van der Waals surface area contributed by atoms with Gasteiger partial charge in [-0.1, -0.05) is 6.92 Å². The van der Waals surface area contributed by atoms with Crippen LogP contribution >= 0.6 is 0 Å². The van der Waals surface area contributed by atoms with Crippen LogP contribution in [-0.2, 0) is 4.79 Å². The number of nitrogens with zero attached hydrogens (tertiary/aromatic N) is 2. The van der Waals surface area contributed by atoms with Crippen molar-refractivity contribution in [3.63, 3.8) is 0 Å². The number of carbonyl (C=O) groups is 1. The Bertz CT molecular complexity index is 540. The molecule has 0 aliphatic carbocycles. The van der Waals surface area contributed by atoms with Crippen molar-refractivity contribution in [2.24, 2.45) is 5.92 Å². The Labute approximate surface area is 147 Å². The molecular formula is C20H33N3O. The Kier molecular flexibility index (Phi) is 6.95. The maximum atomic E-state index is 12.3. The first-order valence-corrected chi connectivity index (χ1v) is 9.42. The van der Waals surface area contributed by atoms with E-state index >= 15 is 0 Å². The lowest BCUT2D eigenvalue weighted by molar-refractivity contribution is -0.132. The van der Waals surface area contributed by atoms with E-state index < -0.39 is 0 Å². The summed E-state index contributed by atoms with van der Waals surface area (Å²) in [5.74, 6) is 0.928. The fourth-order valence-electron chi connectivity index (χ4n) is 3.51. The molecular weight excluding hydrogens is 298 g/mol. The number of rotatable bonds is 7. The molecule has 1 aliphatic heterocycles. The van der Waals surface area contributed by atoms with Crippen LogP contribution in [0.1, 0.15) is 45.6 Å². The Hall–Kier alpha value is -1.71. The molecule has 1 aromatic carbocycles. The fourth-order valence-corrected chi connectivity index (χ4v) is 3.51. The lowest BCUT2D eigenvalue weighted by atomic mass is 10.00. The highest BCUT2D eigenvalue weighted by molar-refractivity contribution is 5.77. The Balaban J connectivity index is 1.84. The third-order valence-corrected chi connectivity index (χ3v) is 5.00. The quantitative estimate of drug-likeness (QED) is 0.823. The average Bonchev–Trinajstić information content (AvgIpc) is 2.57. The molecule has 0 aromatic heterocycles. The number of likely N-dealkylation sites (tertiary alicyclic amines) is 1. The van der Waals surface area contributed by atoms with Gasteiger partial charge in [0, 0.05) is 50.5 Å². The molecule has 1 unspecified atom stereocenters. The number of benzene rings is 1. The summed E-state index contributed by atoms with van der Waals surface area (Å²) in [6.07, 6.45) is 2.97. The van der Waals surface area contributed by atoms with E-state index in [9.17, 15) is 4.79 Å². The van der Waals surface area contributed by atoms with Crippen molar-refractivity contribution in [3.05, 3.63) is 23.8 Å². The molecule has 0 saturated carbocycles. The summed E-state index contributed by atoms with van der Waals surface area (Å²) < 4.78 is 0. The fraction of sp³-hybridized carbons (Fsp3) is 0.650. The van der Waals surface area contributed by atoms with E-state index in [4.69, 9.17) is 0 Å². The molecule has 0 radical (unpaired) electrons. The maximum Gasteiger partial charge on any atom is 0.224 e. The van der Waals surface area contributed by atoms with E-state index in [1.807, 2.05) is 4.90 Å². The molecule has 1 N–H and O–H groups in total. The van der Waals surface area contributed by atoms with E-state index in [1.54, 1.807) is 0 Å². The van der Waals surface area contributed by atoms with Gasteiger partial charge in [-0.25, -0.2) is 0 Å². The third kappa shape index (κ3) is 4.89. The van der Waals surface area contributed by atoms with Crippen molar-refractivity contribution < 1.29 is 4.79 Å². The maximum absolute atomic E-state index is 12.3. The summed E-state index contributed by atoms with van der Waals surface area (Å²) in [6, 6.07) is 6.52. The molecule has 4 heteroatoms. The van der Waals surface area contributed by atoms with Gasteiger partial charge in [0.25, 0.3) is 0 Å².